The Hall–Kier alpha value is -1.81. The zero-order chi connectivity index (χ0) is 13.9. The molecule has 1 aromatic heterocycles. The summed E-state index contributed by atoms with van der Waals surface area (Å²) in [5.74, 6) is 0.897. The number of pyridine rings is 1. The smallest absolute Gasteiger partial charge is 0.134 e. The number of aromatic nitrogens is 1. The van der Waals surface area contributed by atoms with E-state index in [1.54, 1.807) is 18.3 Å². The standard InChI is InChI=1S/C15H20N2O2/c1-3-7-15(2,19)10-17-14-13-9-12(18)5-4-11(13)6-8-16-14/h4-6,8-9,18-19H,3,7,10H2,1-2H3,(H,16,17). The van der Waals surface area contributed by atoms with E-state index in [2.05, 4.69) is 10.3 Å². The third-order valence-corrected chi connectivity index (χ3v) is 3.17. The van der Waals surface area contributed by atoms with Gasteiger partial charge in [-0.1, -0.05) is 19.4 Å². The number of phenols is 1. The summed E-state index contributed by atoms with van der Waals surface area (Å²) in [5.41, 5.74) is -0.755. The predicted octanol–water partition coefficient (Wildman–Crippen LogP) is 2.90. The second-order valence-corrected chi connectivity index (χ2v) is 5.17. The molecule has 2 aromatic rings. The highest BCUT2D eigenvalue weighted by molar-refractivity contribution is 5.92. The van der Waals surface area contributed by atoms with Gasteiger partial charge >= 0.3 is 0 Å². The fourth-order valence-electron chi connectivity index (χ4n) is 2.20. The first-order valence-electron chi connectivity index (χ1n) is 6.56. The normalized spacial score (nSPS) is 14.3. The summed E-state index contributed by atoms with van der Waals surface area (Å²) in [6.07, 6.45) is 3.38. The van der Waals surface area contributed by atoms with Crippen LogP contribution in [0.25, 0.3) is 10.8 Å². The van der Waals surface area contributed by atoms with Crippen molar-refractivity contribution in [1.29, 1.82) is 0 Å². The van der Waals surface area contributed by atoms with Crippen molar-refractivity contribution in [3.63, 3.8) is 0 Å². The Kier molecular flexibility index (Phi) is 3.90. The number of aliphatic hydroxyl groups is 1. The summed E-state index contributed by atoms with van der Waals surface area (Å²) in [7, 11) is 0. The zero-order valence-electron chi connectivity index (χ0n) is 11.3. The number of aromatic hydroxyl groups is 1. The number of nitrogens with one attached hydrogen (secondary N) is 1. The van der Waals surface area contributed by atoms with Crippen molar-refractivity contribution in [3.8, 4) is 5.75 Å². The summed E-state index contributed by atoms with van der Waals surface area (Å²) < 4.78 is 0. The van der Waals surface area contributed by atoms with Crippen molar-refractivity contribution < 1.29 is 10.2 Å². The number of hydrogen-bond acceptors (Lipinski definition) is 4. The molecule has 4 nitrogen and oxygen atoms in total. The molecule has 0 aliphatic heterocycles. The molecule has 3 N–H and O–H groups in total. The van der Waals surface area contributed by atoms with E-state index in [9.17, 15) is 10.2 Å². The molecule has 1 heterocycles. The Morgan fingerprint density at radius 1 is 1.32 bits per heavy atom. The van der Waals surface area contributed by atoms with E-state index >= 15 is 0 Å². The first-order valence-corrected chi connectivity index (χ1v) is 6.56. The number of rotatable bonds is 5. The molecule has 0 fully saturated rings. The van der Waals surface area contributed by atoms with Gasteiger partial charge in [0.05, 0.1) is 5.60 Å². The van der Waals surface area contributed by atoms with Gasteiger partial charge in [-0.2, -0.15) is 0 Å². The Morgan fingerprint density at radius 3 is 2.84 bits per heavy atom. The van der Waals surface area contributed by atoms with Crippen LogP contribution < -0.4 is 5.32 Å². The van der Waals surface area contributed by atoms with E-state index < -0.39 is 5.60 Å². The minimum atomic E-state index is -0.755. The fraction of sp³-hybridized carbons (Fsp3) is 0.400. The molecule has 2 rings (SSSR count). The highest BCUT2D eigenvalue weighted by Crippen LogP contribution is 2.25. The van der Waals surface area contributed by atoms with Crippen LogP contribution in [0.5, 0.6) is 5.75 Å². The second kappa shape index (κ2) is 5.45. The number of nitrogens with zero attached hydrogens (tertiary/aromatic N) is 1. The average molecular weight is 260 g/mol. The van der Waals surface area contributed by atoms with Crippen LogP contribution in [0.15, 0.2) is 30.5 Å². The summed E-state index contributed by atoms with van der Waals surface area (Å²) in [6, 6.07) is 7.07. The predicted molar refractivity (Wildman–Crippen MR) is 77.4 cm³/mol. The highest BCUT2D eigenvalue weighted by atomic mass is 16.3. The minimum Gasteiger partial charge on any atom is -0.508 e. The summed E-state index contributed by atoms with van der Waals surface area (Å²) in [6.45, 7) is 4.29. The quantitative estimate of drug-likeness (QED) is 0.773. The molecule has 0 saturated heterocycles. The van der Waals surface area contributed by atoms with Crippen LogP contribution in [0.4, 0.5) is 5.82 Å². The zero-order valence-corrected chi connectivity index (χ0v) is 11.3. The van der Waals surface area contributed by atoms with Crippen LogP contribution in [0.3, 0.4) is 0 Å². The largest absolute Gasteiger partial charge is 0.508 e. The van der Waals surface area contributed by atoms with Crippen LogP contribution >= 0.6 is 0 Å². The van der Waals surface area contributed by atoms with Gasteiger partial charge in [0, 0.05) is 18.1 Å². The van der Waals surface area contributed by atoms with Gasteiger partial charge in [-0.3, -0.25) is 0 Å². The van der Waals surface area contributed by atoms with Gasteiger partial charge in [-0.05, 0) is 36.9 Å². The highest BCUT2D eigenvalue weighted by Gasteiger charge is 2.19. The number of benzene rings is 1. The second-order valence-electron chi connectivity index (χ2n) is 5.17. The molecule has 0 saturated carbocycles. The molecule has 19 heavy (non-hydrogen) atoms. The summed E-state index contributed by atoms with van der Waals surface area (Å²) in [4.78, 5) is 4.28. The van der Waals surface area contributed by atoms with E-state index in [4.69, 9.17) is 0 Å². The van der Waals surface area contributed by atoms with Crippen LogP contribution in [-0.2, 0) is 0 Å². The van der Waals surface area contributed by atoms with E-state index in [0.29, 0.717) is 12.4 Å². The third kappa shape index (κ3) is 3.35. The maximum absolute atomic E-state index is 10.2. The Labute approximate surface area is 113 Å². The maximum Gasteiger partial charge on any atom is 0.134 e. The molecular formula is C15H20N2O2. The van der Waals surface area contributed by atoms with Crippen LogP contribution in [0, 0.1) is 0 Å². The van der Waals surface area contributed by atoms with Gasteiger partial charge in [0.25, 0.3) is 0 Å². The molecule has 0 radical (unpaired) electrons. The molecule has 0 bridgehead atoms. The average Bonchev–Trinajstić information content (AvgIpc) is 2.36. The third-order valence-electron chi connectivity index (χ3n) is 3.17. The number of anilines is 1. The molecule has 0 aliphatic rings. The molecule has 1 aromatic carbocycles. The Morgan fingerprint density at radius 2 is 2.11 bits per heavy atom. The van der Waals surface area contributed by atoms with Gasteiger partial charge in [-0.15, -0.1) is 0 Å². The molecule has 0 aliphatic carbocycles. The van der Waals surface area contributed by atoms with Crippen molar-refractivity contribution in [2.45, 2.75) is 32.3 Å². The van der Waals surface area contributed by atoms with E-state index in [0.717, 1.165) is 23.6 Å². The van der Waals surface area contributed by atoms with E-state index in [1.807, 2.05) is 26.0 Å². The molecular weight excluding hydrogens is 240 g/mol. The molecule has 0 spiro atoms. The number of fused-ring (bicyclic) bond motifs is 1. The van der Waals surface area contributed by atoms with E-state index in [1.165, 1.54) is 0 Å². The summed E-state index contributed by atoms with van der Waals surface area (Å²) >= 11 is 0. The van der Waals surface area contributed by atoms with Gasteiger partial charge in [-0.25, -0.2) is 4.98 Å². The van der Waals surface area contributed by atoms with Crippen molar-refractivity contribution in [3.05, 3.63) is 30.5 Å². The van der Waals surface area contributed by atoms with Crippen molar-refractivity contribution >= 4 is 16.6 Å². The van der Waals surface area contributed by atoms with E-state index in [-0.39, 0.29) is 5.75 Å². The van der Waals surface area contributed by atoms with Crippen molar-refractivity contribution in [1.82, 2.24) is 4.98 Å². The van der Waals surface area contributed by atoms with Crippen LogP contribution in [0.2, 0.25) is 0 Å². The lowest BCUT2D eigenvalue weighted by Crippen LogP contribution is -2.33. The van der Waals surface area contributed by atoms with Crippen LogP contribution in [-0.4, -0.2) is 27.3 Å². The SMILES string of the molecule is CCCC(C)(O)CNc1nccc2ccc(O)cc12. The molecule has 0 amide bonds. The van der Waals surface area contributed by atoms with Gasteiger partial charge in [0.1, 0.15) is 11.6 Å². The first kappa shape index (κ1) is 13.6. The first-order chi connectivity index (χ1) is 9.02. The number of hydrogen-bond donors (Lipinski definition) is 3. The number of phenolic OH excluding ortho intramolecular Hbond substituents is 1. The van der Waals surface area contributed by atoms with Gasteiger partial charge in [0.15, 0.2) is 0 Å². The van der Waals surface area contributed by atoms with Crippen molar-refractivity contribution in [2.75, 3.05) is 11.9 Å². The lowest BCUT2D eigenvalue weighted by molar-refractivity contribution is 0.0636. The lowest BCUT2D eigenvalue weighted by Gasteiger charge is -2.23. The minimum absolute atomic E-state index is 0.212. The maximum atomic E-state index is 10.2. The lowest BCUT2D eigenvalue weighted by atomic mass is 10.0. The molecule has 102 valence electrons. The van der Waals surface area contributed by atoms with Crippen LogP contribution in [0.1, 0.15) is 26.7 Å². The fourth-order valence-corrected chi connectivity index (χ4v) is 2.20. The topological polar surface area (TPSA) is 65.4 Å². The van der Waals surface area contributed by atoms with Gasteiger partial charge in [0.2, 0.25) is 0 Å². The monoisotopic (exact) mass is 260 g/mol. The molecule has 1 unspecified atom stereocenters. The van der Waals surface area contributed by atoms with Gasteiger partial charge < -0.3 is 15.5 Å². The summed E-state index contributed by atoms with van der Waals surface area (Å²) in [5, 5.41) is 24.8. The Balaban J connectivity index is 2.23. The van der Waals surface area contributed by atoms with Crippen molar-refractivity contribution in [2.24, 2.45) is 0 Å². The Bertz CT molecular complexity index is 567. The molecule has 1 atom stereocenters. The molecule has 4 heteroatoms.